The lowest BCUT2D eigenvalue weighted by Crippen LogP contribution is -2.34. The van der Waals surface area contributed by atoms with Crippen LogP contribution in [-0.2, 0) is 10.9 Å². The Bertz CT molecular complexity index is 794. The molecule has 3 nitrogen and oxygen atoms in total. The van der Waals surface area contributed by atoms with Crippen molar-refractivity contribution in [2.75, 3.05) is 18.5 Å². The van der Waals surface area contributed by atoms with Gasteiger partial charge in [0, 0.05) is 23.7 Å². The highest BCUT2D eigenvalue weighted by Crippen LogP contribution is 2.49. The van der Waals surface area contributed by atoms with E-state index >= 15 is 0 Å². The van der Waals surface area contributed by atoms with Crippen LogP contribution in [-0.4, -0.2) is 24.4 Å². The van der Waals surface area contributed by atoms with E-state index in [4.69, 9.17) is 4.74 Å². The fourth-order valence-electron chi connectivity index (χ4n) is 4.33. The van der Waals surface area contributed by atoms with Crippen molar-refractivity contribution in [3.8, 4) is 0 Å². The third-order valence-corrected chi connectivity index (χ3v) is 5.70. The molecular formula is C21H22F3NO2. The van der Waals surface area contributed by atoms with Gasteiger partial charge in [0.25, 0.3) is 0 Å². The van der Waals surface area contributed by atoms with E-state index in [9.17, 15) is 18.3 Å². The van der Waals surface area contributed by atoms with Crippen LogP contribution in [0.2, 0.25) is 0 Å². The molecule has 0 bridgehead atoms. The van der Waals surface area contributed by atoms with Crippen LogP contribution in [0.5, 0.6) is 0 Å². The molecule has 0 unspecified atom stereocenters. The molecule has 2 aromatic carbocycles. The summed E-state index contributed by atoms with van der Waals surface area (Å²) in [5, 5.41) is 12.9. The fraction of sp³-hybridized carbons (Fsp3) is 0.429. The third kappa shape index (κ3) is 3.56. The summed E-state index contributed by atoms with van der Waals surface area (Å²) < 4.78 is 45.9. The number of aliphatic hydroxyl groups is 1. The first-order valence-electron chi connectivity index (χ1n) is 9.23. The summed E-state index contributed by atoms with van der Waals surface area (Å²) in [6, 6.07) is 13.8. The molecule has 2 aliphatic rings. The summed E-state index contributed by atoms with van der Waals surface area (Å²) in [5.74, 6) is 0.171. The van der Waals surface area contributed by atoms with Crippen LogP contribution in [0.1, 0.15) is 41.6 Å². The Hall–Kier alpha value is -2.05. The maximum absolute atomic E-state index is 13.3. The molecule has 4 atom stereocenters. The van der Waals surface area contributed by atoms with Crippen molar-refractivity contribution in [3.05, 3.63) is 65.2 Å². The van der Waals surface area contributed by atoms with Crippen LogP contribution < -0.4 is 5.32 Å². The Morgan fingerprint density at radius 1 is 1.07 bits per heavy atom. The van der Waals surface area contributed by atoms with Crippen molar-refractivity contribution in [1.82, 2.24) is 0 Å². The van der Waals surface area contributed by atoms with Crippen LogP contribution in [0.3, 0.4) is 0 Å². The molecule has 27 heavy (non-hydrogen) atoms. The lowest BCUT2D eigenvalue weighted by Gasteiger charge is -2.39. The van der Waals surface area contributed by atoms with Gasteiger partial charge in [-0.05, 0) is 42.5 Å². The Labute approximate surface area is 156 Å². The predicted molar refractivity (Wildman–Crippen MR) is 96.5 cm³/mol. The molecule has 0 amide bonds. The quantitative estimate of drug-likeness (QED) is 0.794. The molecule has 0 radical (unpaired) electrons. The minimum atomic E-state index is -4.40. The highest BCUT2D eigenvalue weighted by atomic mass is 19.4. The highest BCUT2D eigenvalue weighted by Gasteiger charge is 2.41. The number of fused-ring (bicyclic) bond motifs is 3. The Kier molecular flexibility index (Phi) is 4.86. The predicted octanol–water partition coefficient (Wildman–Crippen LogP) is 4.74. The molecule has 0 saturated carbocycles. The van der Waals surface area contributed by atoms with Gasteiger partial charge in [0.05, 0.1) is 24.4 Å². The van der Waals surface area contributed by atoms with Crippen molar-refractivity contribution in [2.24, 2.45) is 5.92 Å². The van der Waals surface area contributed by atoms with Crippen molar-refractivity contribution in [2.45, 2.75) is 37.1 Å². The fourth-order valence-corrected chi connectivity index (χ4v) is 4.33. The molecule has 144 valence electrons. The highest BCUT2D eigenvalue weighted by molar-refractivity contribution is 5.56. The monoisotopic (exact) mass is 377 g/mol. The van der Waals surface area contributed by atoms with Gasteiger partial charge in [-0.1, -0.05) is 30.3 Å². The summed E-state index contributed by atoms with van der Waals surface area (Å²) in [6.07, 6.45) is -3.72. The van der Waals surface area contributed by atoms with Crippen LogP contribution >= 0.6 is 0 Å². The van der Waals surface area contributed by atoms with Gasteiger partial charge < -0.3 is 15.2 Å². The van der Waals surface area contributed by atoms with Gasteiger partial charge in [-0.2, -0.15) is 13.2 Å². The normalized spacial score (nSPS) is 27.9. The Morgan fingerprint density at radius 2 is 1.85 bits per heavy atom. The van der Waals surface area contributed by atoms with Crippen molar-refractivity contribution in [3.63, 3.8) is 0 Å². The number of aliphatic hydroxyl groups excluding tert-OH is 1. The molecule has 0 aliphatic carbocycles. The first-order valence-corrected chi connectivity index (χ1v) is 9.23. The lowest BCUT2D eigenvalue weighted by atomic mass is 9.76. The number of nitrogens with one attached hydrogen (secondary N) is 1. The number of benzene rings is 2. The van der Waals surface area contributed by atoms with Crippen LogP contribution in [0.25, 0.3) is 0 Å². The second-order valence-corrected chi connectivity index (χ2v) is 7.30. The molecule has 6 heteroatoms. The molecule has 1 saturated heterocycles. The molecular weight excluding hydrogens is 355 g/mol. The number of hydrogen-bond acceptors (Lipinski definition) is 3. The number of rotatable bonds is 2. The molecule has 4 rings (SSSR count). The first-order chi connectivity index (χ1) is 13.0. The molecule has 2 N–H and O–H groups in total. The summed E-state index contributed by atoms with van der Waals surface area (Å²) in [6.45, 7) is 0.512. The Balaban J connectivity index is 1.77. The van der Waals surface area contributed by atoms with E-state index in [-0.39, 0.29) is 24.5 Å². The van der Waals surface area contributed by atoms with E-state index < -0.39 is 17.8 Å². The maximum Gasteiger partial charge on any atom is 0.416 e. The van der Waals surface area contributed by atoms with E-state index in [1.165, 1.54) is 12.1 Å². The van der Waals surface area contributed by atoms with Gasteiger partial charge in [0.2, 0.25) is 0 Å². The SMILES string of the molecule is OC[C@H]1CC[C@@H]2[C@H](O1)c1cc(C(F)(F)F)ccc1NC[C@H]2c1ccccc1. The molecule has 2 aromatic rings. The zero-order chi connectivity index (χ0) is 19.0. The number of anilines is 1. The van der Waals surface area contributed by atoms with Gasteiger partial charge in [-0.15, -0.1) is 0 Å². The number of ether oxygens (including phenoxy) is 1. The third-order valence-electron chi connectivity index (χ3n) is 5.70. The minimum Gasteiger partial charge on any atom is -0.394 e. The molecule has 2 heterocycles. The zero-order valence-corrected chi connectivity index (χ0v) is 14.7. The van der Waals surface area contributed by atoms with Gasteiger partial charge >= 0.3 is 6.18 Å². The average molecular weight is 377 g/mol. The summed E-state index contributed by atoms with van der Waals surface area (Å²) in [5.41, 5.74) is 1.69. The lowest BCUT2D eigenvalue weighted by molar-refractivity contribution is -0.138. The molecule has 2 aliphatic heterocycles. The van der Waals surface area contributed by atoms with Crippen LogP contribution in [0, 0.1) is 5.92 Å². The Morgan fingerprint density at radius 3 is 2.56 bits per heavy atom. The number of halogens is 3. The van der Waals surface area contributed by atoms with Crippen molar-refractivity contribution in [1.29, 1.82) is 0 Å². The van der Waals surface area contributed by atoms with E-state index in [1.807, 2.05) is 18.2 Å². The largest absolute Gasteiger partial charge is 0.416 e. The number of alkyl halides is 3. The molecule has 0 spiro atoms. The van der Waals surface area contributed by atoms with Gasteiger partial charge in [-0.25, -0.2) is 0 Å². The summed E-state index contributed by atoms with van der Waals surface area (Å²) >= 11 is 0. The smallest absolute Gasteiger partial charge is 0.394 e. The van der Waals surface area contributed by atoms with E-state index in [0.29, 0.717) is 24.2 Å². The van der Waals surface area contributed by atoms with E-state index in [0.717, 1.165) is 18.1 Å². The standard InChI is InChI=1S/C21H22F3NO2/c22-21(23,24)14-6-9-19-17(10-14)20-16(8-7-15(12-26)27-20)18(11-25-19)13-4-2-1-3-5-13/h1-6,9-10,15-16,18,20,25-26H,7-8,11-12H2/t15-,16+,18+,20+/m1/s1. The van der Waals surface area contributed by atoms with Gasteiger partial charge in [-0.3, -0.25) is 0 Å². The van der Waals surface area contributed by atoms with Crippen LogP contribution in [0.15, 0.2) is 48.5 Å². The topological polar surface area (TPSA) is 41.5 Å². The second-order valence-electron chi connectivity index (χ2n) is 7.30. The number of hydrogen-bond donors (Lipinski definition) is 2. The van der Waals surface area contributed by atoms with E-state index in [1.54, 1.807) is 0 Å². The second kappa shape index (κ2) is 7.17. The van der Waals surface area contributed by atoms with Crippen molar-refractivity contribution >= 4 is 5.69 Å². The zero-order valence-electron chi connectivity index (χ0n) is 14.7. The van der Waals surface area contributed by atoms with Crippen LogP contribution in [0.4, 0.5) is 18.9 Å². The molecule has 0 aromatic heterocycles. The minimum absolute atomic E-state index is 0.0485. The van der Waals surface area contributed by atoms with E-state index in [2.05, 4.69) is 17.4 Å². The maximum atomic E-state index is 13.3. The average Bonchev–Trinajstić information content (AvgIpc) is 2.84. The first kappa shape index (κ1) is 18.3. The van der Waals surface area contributed by atoms with Crippen molar-refractivity contribution < 1.29 is 23.0 Å². The van der Waals surface area contributed by atoms with Gasteiger partial charge in [0.1, 0.15) is 0 Å². The van der Waals surface area contributed by atoms with Gasteiger partial charge in [0.15, 0.2) is 0 Å². The molecule has 1 fully saturated rings. The summed E-state index contributed by atoms with van der Waals surface area (Å²) in [4.78, 5) is 0. The summed E-state index contributed by atoms with van der Waals surface area (Å²) in [7, 11) is 0.